The summed E-state index contributed by atoms with van der Waals surface area (Å²) in [5.41, 5.74) is 1.24. The van der Waals surface area contributed by atoms with Gasteiger partial charge in [0, 0.05) is 6.54 Å². The Labute approximate surface area is 99.0 Å². The fourth-order valence-electron chi connectivity index (χ4n) is 1.55. The third-order valence-corrected chi connectivity index (χ3v) is 2.65. The molecule has 1 aromatic rings. The van der Waals surface area contributed by atoms with E-state index in [2.05, 4.69) is 38.2 Å². The highest BCUT2D eigenvalue weighted by atomic mass is 16.5. The molecule has 16 heavy (non-hydrogen) atoms. The Balaban J connectivity index is 2.38. The minimum atomic E-state index is 0.292. The molecule has 0 aliphatic carbocycles. The van der Waals surface area contributed by atoms with Gasteiger partial charge in [0.25, 0.3) is 0 Å². The van der Waals surface area contributed by atoms with Gasteiger partial charge in [-0.2, -0.15) is 0 Å². The molecule has 0 spiro atoms. The average molecular weight is 221 g/mol. The first kappa shape index (κ1) is 13.2. The topological polar surface area (TPSA) is 21.3 Å². The molecule has 1 N–H and O–H groups in total. The maximum Gasteiger partial charge on any atom is 0.0726 e. The zero-order valence-electron chi connectivity index (χ0n) is 10.6. The molecular weight excluding hydrogens is 198 g/mol. The first-order valence-corrected chi connectivity index (χ1v) is 6.10. The highest BCUT2D eigenvalue weighted by Gasteiger charge is 2.12. The van der Waals surface area contributed by atoms with Crippen LogP contribution in [0.2, 0.25) is 0 Å². The molecule has 0 heterocycles. The Bertz CT molecular complexity index is 271. The molecule has 0 aromatic heterocycles. The number of hydrogen-bond donors (Lipinski definition) is 1. The molecule has 0 saturated carbocycles. The summed E-state index contributed by atoms with van der Waals surface area (Å²) in [5.74, 6) is 0.544. The summed E-state index contributed by atoms with van der Waals surface area (Å²) in [6, 6.07) is 10.3. The molecule has 2 nitrogen and oxygen atoms in total. The molecule has 0 radical (unpaired) electrons. The van der Waals surface area contributed by atoms with Crippen LogP contribution in [-0.4, -0.2) is 19.2 Å². The lowest BCUT2D eigenvalue weighted by Crippen LogP contribution is -2.32. The molecule has 0 saturated heterocycles. The number of rotatable bonds is 7. The summed E-state index contributed by atoms with van der Waals surface area (Å²) in [6.45, 7) is 9.16. The molecule has 1 unspecified atom stereocenters. The predicted molar refractivity (Wildman–Crippen MR) is 68.4 cm³/mol. The zero-order chi connectivity index (χ0) is 11.8. The smallest absolute Gasteiger partial charge is 0.0726 e. The van der Waals surface area contributed by atoms with Gasteiger partial charge in [0.05, 0.1) is 12.7 Å². The van der Waals surface area contributed by atoms with E-state index in [-0.39, 0.29) is 0 Å². The van der Waals surface area contributed by atoms with Gasteiger partial charge in [0.1, 0.15) is 0 Å². The van der Waals surface area contributed by atoms with Crippen LogP contribution in [-0.2, 0) is 11.3 Å². The van der Waals surface area contributed by atoms with Gasteiger partial charge >= 0.3 is 0 Å². The van der Waals surface area contributed by atoms with Gasteiger partial charge in [0.15, 0.2) is 0 Å². The monoisotopic (exact) mass is 221 g/mol. The molecule has 0 aliphatic rings. The first-order chi connectivity index (χ1) is 7.74. The van der Waals surface area contributed by atoms with Gasteiger partial charge in [-0.3, -0.25) is 0 Å². The maximum absolute atomic E-state index is 5.93. The molecular formula is C14H23NO. The fraction of sp³-hybridized carbons (Fsp3) is 0.571. The summed E-state index contributed by atoms with van der Waals surface area (Å²) in [4.78, 5) is 0. The quantitative estimate of drug-likeness (QED) is 0.764. The Morgan fingerprint density at radius 3 is 2.44 bits per heavy atom. The number of benzene rings is 1. The van der Waals surface area contributed by atoms with E-state index < -0.39 is 0 Å². The normalized spacial score (nSPS) is 13.0. The largest absolute Gasteiger partial charge is 0.372 e. The summed E-state index contributed by atoms with van der Waals surface area (Å²) in [5, 5.41) is 3.34. The van der Waals surface area contributed by atoms with Crippen LogP contribution >= 0.6 is 0 Å². The fourth-order valence-corrected chi connectivity index (χ4v) is 1.55. The number of ether oxygens (including phenoxy) is 1. The van der Waals surface area contributed by atoms with Crippen LogP contribution in [0.15, 0.2) is 30.3 Å². The van der Waals surface area contributed by atoms with Crippen molar-refractivity contribution in [1.82, 2.24) is 5.32 Å². The Kier molecular flexibility index (Phi) is 6.12. The van der Waals surface area contributed by atoms with Crippen molar-refractivity contribution in [3.05, 3.63) is 35.9 Å². The van der Waals surface area contributed by atoms with Gasteiger partial charge in [-0.15, -0.1) is 0 Å². The Morgan fingerprint density at radius 2 is 1.88 bits per heavy atom. The molecule has 1 aromatic carbocycles. The minimum Gasteiger partial charge on any atom is -0.372 e. The van der Waals surface area contributed by atoms with Gasteiger partial charge in [-0.25, -0.2) is 0 Å². The highest BCUT2D eigenvalue weighted by molar-refractivity contribution is 5.13. The molecule has 0 aliphatic heterocycles. The van der Waals surface area contributed by atoms with Crippen LogP contribution in [0.5, 0.6) is 0 Å². The van der Waals surface area contributed by atoms with Crippen LogP contribution in [0, 0.1) is 5.92 Å². The third-order valence-electron chi connectivity index (χ3n) is 2.65. The Morgan fingerprint density at radius 1 is 1.19 bits per heavy atom. The van der Waals surface area contributed by atoms with Crippen LogP contribution < -0.4 is 5.32 Å². The summed E-state index contributed by atoms with van der Waals surface area (Å²) >= 11 is 0. The second-order valence-electron chi connectivity index (χ2n) is 4.39. The van der Waals surface area contributed by atoms with E-state index in [9.17, 15) is 0 Å². The highest BCUT2D eigenvalue weighted by Crippen LogP contribution is 2.09. The average Bonchev–Trinajstić information content (AvgIpc) is 2.30. The second-order valence-corrected chi connectivity index (χ2v) is 4.39. The van der Waals surface area contributed by atoms with Gasteiger partial charge < -0.3 is 10.1 Å². The van der Waals surface area contributed by atoms with Crippen molar-refractivity contribution in [3.8, 4) is 0 Å². The predicted octanol–water partition coefficient (Wildman–Crippen LogP) is 2.84. The van der Waals surface area contributed by atoms with Crippen LogP contribution in [0.4, 0.5) is 0 Å². The van der Waals surface area contributed by atoms with Gasteiger partial charge in [-0.1, -0.05) is 51.1 Å². The van der Waals surface area contributed by atoms with Crippen molar-refractivity contribution in [3.63, 3.8) is 0 Å². The van der Waals surface area contributed by atoms with E-state index in [1.165, 1.54) is 5.56 Å². The summed E-state index contributed by atoms with van der Waals surface area (Å²) in [6.07, 6.45) is 0.292. The molecule has 1 rings (SSSR count). The van der Waals surface area contributed by atoms with E-state index in [1.54, 1.807) is 0 Å². The van der Waals surface area contributed by atoms with Crippen LogP contribution in [0.25, 0.3) is 0 Å². The zero-order valence-corrected chi connectivity index (χ0v) is 10.6. The molecule has 0 bridgehead atoms. The standard InChI is InChI=1S/C14H23NO/c1-4-15-10-14(12(2)3)16-11-13-8-6-5-7-9-13/h5-9,12,14-15H,4,10-11H2,1-3H3. The lowest BCUT2D eigenvalue weighted by molar-refractivity contribution is 0.0117. The van der Waals surface area contributed by atoms with Crippen molar-refractivity contribution in [2.75, 3.05) is 13.1 Å². The number of likely N-dealkylation sites (N-methyl/N-ethyl adjacent to an activating group) is 1. The van der Waals surface area contributed by atoms with E-state index in [4.69, 9.17) is 4.74 Å². The van der Waals surface area contributed by atoms with Crippen molar-refractivity contribution in [2.45, 2.75) is 33.5 Å². The van der Waals surface area contributed by atoms with Crippen molar-refractivity contribution < 1.29 is 4.74 Å². The van der Waals surface area contributed by atoms with Crippen molar-refractivity contribution >= 4 is 0 Å². The summed E-state index contributed by atoms with van der Waals surface area (Å²) < 4.78 is 5.93. The van der Waals surface area contributed by atoms with Crippen LogP contribution in [0.1, 0.15) is 26.3 Å². The molecule has 1 atom stereocenters. The van der Waals surface area contributed by atoms with E-state index in [1.807, 2.05) is 18.2 Å². The first-order valence-electron chi connectivity index (χ1n) is 6.10. The lowest BCUT2D eigenvalue weighted by atomic mass is 10.1. The minimum absolute atomic E-state index is 0.292. The summed E-state index contributed by atoms with van der Waals surface area (Å²) in [7, 11) is 0. The third kappa shape index (κ3) is 4.77. The van der Waals surface area contributed by atoms with Crippen molar-refractivity contribution in [1.29, 1.82) is 0 Å². The van der Waals surface area contributed by atoms with E-state index in [0.29, 0.717) is 18.6 Å². The second kappa shape index (κ2) is 7.42. The SMILES string of the molecule is CCNCC(OCc1ccccc1)C(C)C. The van der Waals surface area contributed by atoms with Gasteiger partial charge in [0.2, 0.25) is 0 Å². The Hall–Kier alpha value is -0.860. The molecule has 90 valence electrons. The maximum atomic E-state index is 5.93. The number of nitrogens with one attached hydrogen (secondary N) is 1. The van der Waals surface area contributed by atoms with E-state index >= 15 is 0 Å². The van der Waals surface area contributed by atoms with E-state index in [0.717, 1.165) is 13.1 Å². The van der Waals surface area contributed by atoms with Gasteiger partial charge in [-0.05, 0) is 18.0 Å². The van der Waals surface area contributed by atoms with Crippen LogP contribution in [0.3, 0.4) is 0 Å². The van der Waals surface area contributed by atoms with Crippen molar-refractivity contribution in [2.24, 2.45) is 5.92 Å². The molecule has 2 heteroatoms. The lowest BCUT2D eigenvalue weighted by Gasteiger charge is -2.21. The molecule has 0 amide bonds. The molecule has 0 fully saturated rings. The number of hydrogen-bond acceptors (Lipinski definition) is 2.